The summed E-state index contributed by atoms with van der Waals surface area (Å²) in [5.41, 5.74) is 4.16. The highest BCUT2D eigenvalue weighted by molar-refractivity contribution is 6.42. The van der Waals surface area contributed by atoms with Crippen molar-refractivity contribution < 1.29 is 14.3 Å². The van der Waals surface area contributed by atoms with E-state index in [4.69, 9.17) is 39.5 Å². The minimum Gasteiger partial charge on any atom is -0.481 e. The van der Waals surface area contributed by atoms with Crippen LogP contribution in [0.15, 0.2) is 48.5 Å². The fraction of sp³-hybridized carbons (Fsp3) is 0.259. The molecule has 0 heterocycles. The van der Waals surface area contributed by atoms with E-state index in [0.717, 1.165) is 5.56 Å². The number of hydrogen-bond donors (Lipinski definition) is 2. The molecule has 0 aromatic heterocycles. The number of halogens is 3. The summed E-state index contributed by atoms with van der Waals surface area (Å²) in [6.07, 6.45) is 0. The fourth-order valence-corrected chi connectivity index (χ4v) is 4.16. The lowest BCUT2D eigenvalue weighted by molar-refractivity contribution is -0.118. The van der Waals surface area contributed by atoms with Crippen LogP contribution in [0, 0.1) is 13.8 Å². The van der Waals surface area contributed by atoms with Crippen molar-refractivity contribution >= 4 is 58.0 Å². The molecule has 2 N–H and O–H groups in total. The van der Waals surface area contributed by atoms with E-state index in [0.29, 0.717) is 33.1 Å². The summed E-state index contributed by atoms with van der Waals surface area (Å²) in [5.74, 6) is -0.382. The number of hydrogen-bond acceptors (Lipinski definition) is 3. The van der Waals surface area contributed by atoms with Gasteiger partial charge < -0.3 is 15.4 Å². The van der Waals surface area contributed by atoms with Crippen LogP contribution in [-0.4, -0.2) is 18.4 Å². The van der Waals surface area contributed by atoms with Gasteiger partial charge in [0.05, 0.1) is 10.0 Å². The van der Waals surface area contributed by atoms with E-state index in [9.17, 15) is 9.59 Å². The van der Waals surface area contributed by atoms with Gasteiger partial charge >= 0.3 is 0 Å². The van der Waals surface area contributed by atoms with Crippen molar-refractivity contribution in [3.05, 3.63) is 85.9 Å². The molecule has 0 aliphatic carbocycles. The Morgan fingerprint density at radius 2 is 1.26 bits per heavy atom. The summed E-state index contributed by atoms with van der Waals surface area (Å²) in [4.78, 5) is 24.9. The molecule has 0 bridgehead atoms. The first-order valence-electron chi connectivity index (χ1n) is 11.0. The summed E-state index contributed by atoms with van der Waals surface area (Å²) in [7, 11) is 0. The van der Waals surface area contributed by atoms with Gasteiger partial charge in [-0.05, 0) is 72.4 Å². The van der Waals surface area contributed by atoms with Crippen LogP contribution in [0.25, 0.3) is 0 Å². The SMILES string of the molecule is Cc1c(Cl)c(C)c(Cl)c(OCC(=O)Nc2ccc(NC(=O)c3ccc(C(C)(C)C)cc3)cc2)c1Cl. The molecule has 0 radical (unpaired) electrons. The molecule has 0 spiro atoms. The third kappa shape index (κ3) is 6.49. The highest BCUT2D eigenvalue weighted by Crippen LogP contribution is 2.42. The zero-order chi connectivity index (χ0) is 25.9. The molecule has 0 atom stereocenters. The Kier molecular flexibility index (Phi) is 8.37. The zero-order valence-electron chi connectivity index (χ0n) is 20.2. The predicted molar refractivity (Wildman–Crippen MR) is 145 cm³/mol. The quantitative estimate of drug-likeness (QED) is 0.339. The number of nitrogens with one attached hydrogen (secondary N) is 2. The lowest BCUT2D eigenvalue weighted by atomic mass is 9.87. The molecule has 0 aliphatic rings. The third-order valence-electron chi connectivity index (χ3n) is 5.50. The first-order valence-corrected chi connectivity index (χ1v) is 12.1. The van der Waals surface area contributed by atoms with Gasteiger partial charge in [-0.15, -0.1) is 0 Å². The fourth-order valence-electron chi connectivity index (χ4n) is 3.33. The van der Waals surface area contributed by atoms with Crippen molar-refractivity contribution in [1.82, 2.24) is 0 Å². The van der Waals surface area contributed by atoms with Crippen molar-refractivity contribution in [2.24, 2.45) is 0 Å². The Balaban J connectivity index is 1.58. The normalized spacial score (nSPS) is 11.2. The van der Waals surface area contributed by atoms with E-state index in [-0.39, 0.29) is 33.7 Å². The van der Waals surface area contributed by atoms with Gasteiger partial charge in [-0.2, -0.15) is 0 Å². The number of ether oxygens (including phenoxy) is 1. The topological polar surface area (TPSA) is 67.4 Å². The molecule has 3 aromatic rings. The van der Waals surface area contributed by atoms with E-state index < -0.39 is 5.91 Å². The Labute approximate surface area is 220 Å². The van der Waals surface area contributed by atoms with Crippen LogP contribution < -0.4 is 15.4 Å². The maximum Gasteiger partial charge on any atom is 0.262 e. The molecule has 0 saturated heterocycles. The van der Waals surface area contributed by atoms with Crippen LogP contribution in [0.4, 0.5) is 11.4 Å². The molecule has 5 nitrogen and oxygen atoms in total. The van der Waals surface area contributed by atoms with E-state index in [2.05, 4.69) is 31.4 Å². The second-order valence-electron chi connectivity index (χ2n) is 9.22. The van der Waals surface area contributed by atoms with Crippen LogP contribution in [0.3, 0.4) is 0 Å². The molecule has 3 aromatic carbocycles. The van der Waals surface area contributed by atoms with Crippen molar-refractivity contribution in [2.75, 3.05) is 17.2 Å². The van der Waals surface area contributed by atoms with Crippen molar-refractivity contribution in [3.8, 4) is 5.75 Å². The van der Waals surface area contributed by atoms with E-state index in [1.807, 2.05) is 24.3 Å². The number of benzene rings is 3. The van der Waals surface area contributed by atoms with E-state index in [1.165, 1.54) is 0 Å². The van der Waals surface area contributed by atoms with Gasteiger partial charge in [-0.25, -0.2) is 0 Å². The lowest BCUT2D eigenvalue weighted by Crippen LogP contribution is -2.20. The van der Waals surface area contributed by atoms with Crippen LogP contribution >= 0.6 is 34.8 Å². The lowest BCUT2D eigenvalue weighted by Gasteiger charge is -2.19. The molecule has 35 heavy (non-hydrogen) atoms. The Morgan fingerprint density at radius 1 is 0.771 bits per heavy atom. The van der Waals surface area contributed by atoms with Gasteiger partial charge in [-0.3, -0.25) is 9.59 Å². The number of carbonyl (C=O) groups is 2. The van der Waals surface area contributed by atoms with Gasteiger partial charge in [0.2, 0.25) is 0 Å². The van der Waals surface area contributed by atoms with Crippen LogP contribution in [0.5, 0.6) is 5.75 Å². The van der Waals surface area contributed by atoms with Gasteiger partial charge in [0.1, 0.15) is 0 Å². The number of amides is 2. The second-order valence-corrected chi connectivity index (χ2v) is 10.4. The second kappa shape index (κ2) is 10.9. The monoisotopic (exact) mass is 532 g/mol. The Bertz CT molecular complexity index is 1220. The standard InChI is InChI=1S/C27H27Cl3N2O3/c1-15-22(28)16(2)24(30)25(23(15)29)35-14-21(33)31-19-10-12-20(13-11-19)32-26(34)17-6-8-18(9-7-17)27(3,4)5/h6-13H,14H2,1-5H3,(H,31,33)(H,32,34). The molecule has 184 valence electrons. The molecule has 0 unspecified atom stereocenters. The Hall–Kier alpha value is -2.73. The van der Waals surface area contributed by atoms with Crippen LogP contribution in [0.1, 0.15) is 47.8 Å². The number of rotatable bonds is 6. The maximum atomic E-state index is 12.6. The van der Waals surface area contributed by atoms with E-state index >= 15 is 0 Å². The summed E-state index contributed by atoms with van der Waals surface area (Å²) >= 11 is 18.8. The van der Waals surface area contributed by atoms with Crippen LogP contribution in [0.2, 0.25) is 15.1 Å². The minimum absolute atomic E-state index is 0.0194. The van der Waals surface area contributed by atoms with Gasteiger partial charge in [0, 0.05) is 22.0 Å². The van der Waals surface area contributed by atoms with Gasteiger partial charge in [0.15, 0.2) is 12.4 Å². The molecular formula is C27H27Cl3N2O3. The van der Waals surface area contributed by atoms with Crippen molar-refractivity contribution in [3.63, 3.8) is 0 Å². The molecule has 0 aliphatic heterocycles. The zero-order valence-corrected chi connectivity index (χ0v) is 22.5. The van der Waals surface area contributed by atoms with Gasteiger partial charge in [0.25, 0.3) is 11.8 Å². The predicted octanol–water partition coefficient (Wildman–Crippen LogP) is 7.83. The highest BCUT2D eigenvalue weighted by atomic mass is 35.5. The summed E-state index contributed by atoms with van der Waals surface area (Å²) < 4.78 is 5.58. The molecular weight excluding hydrogens is 507 g/mol. The number of anilines is 2. The van der Waals surface area contributed by atoms with Gasteiger partial charge in [-0.1, -0.05) is 67.7 Å². The highest BCUT2D eigenvalue weighted by Gasteiger charge is 2.19. The largest absolute Gasteiger partial charge is 0.481 e. The van der Waals surface area contributed by atoms with Crippen LogP contribution in [-0.2, 0) is 10.2 Å². The molecule has 3 rings (SSSR count). The average molecular weight is 534 g/mol. The molecule has 8 heteroatoms. The summed E-state index contributed by atoms with van der Waals surface area (Å²) in [5, 5.41) is 6.59. The minimum atomic E-state index is -0.391. The smallest absolute Gasteiger partial charge is 0.262 e. The van der Waals surface area contributed by atoms with Crippen molar-refractivity contribution in [2.45, 2.75) is 40.0 Å². The first-order chi connectivity index (χ1) is 16.4. The molecule has 2 amide bonds. The summed E-state index contributed by atoms with van der Waals surface area (Å²) in [6.45, 7) is 9.59. The maximum absolute atomic E-state index is 12.6. The first kappa shape index (κ1) is 26.9. The van der Waals surface area contributed by atoms with E-state index in [1.54, 1.807) is 38.1 Å². The average Bonchev–Trinajstić information content (AvgIpc) is 2.82. The Morgan fingerprint density at radius 3 is 1.74 bits per heavy atom. The molecule has 0 fully saturated rings. The summed E-state index contributed by atoms with van der Waals surface area (Å²) in [6, 6.07) is 14.3. The van der Waals surface area contributed by atoms with Crippen molar-refractivity contribution in [1.29, 1.82) is 0 Å². The third-order valence-corrected chi connectivity index (χ3v) is 6.98. The molecule has 0 saturated carbocycles. The number of carbonyl (C=O) groups excluding carboxylic acids is 2.